The van der Waals surface area contributed by atoms with E-state index in [0.29, 0.717) is 12.0 Å². The minimum Gasteiger partial charge on any atom is -0.299 e. The van der Waals surface area contributed by atoms with E-state index in [9.17, 15) is 0 Å². The molecule has 2 rings (SSSR count). The van der Waals surface area contributed by atoms with E-state index in [0.717, 1.165) is 0 Å². The van der Waals surface area contributed by atoms with Crippen LogP contribution in [0.3, 0.4) is 0 Å². The van der Waals surface area contributed by atoms with E-state index in [2.05, 4.69) is 56.3 Å². The minimum atomic E-state index is -0.178. The summed E-state index contributed by atoms with van der Waals surface area (Å²) in [6.45, 7) is 6.28. The molecule has 1 fully saturated rings. The minimum absolute atomic E-state index is 0.178. The number of rotatable bonds is 3. The van der Waals surface area contributed by atoms with E-state index < -0.39 is 0 Å². The molecule has 0 unspecified atom stereocenters. The van der Waals surface area contributed by atoms with Crippen molar-refractivity contribution in [1.29, 1.82) is 0 Å². The maximum absolute atomic E-state index is 5.49. The van der Waals surface area contributed by atoms with Crippen LogP contribution < -0.4 is 5.32 Å². The van der Waals surface area contributed by atoms with E-state index >= 15 is 0 Å². The standard InChI is InChI=1S/C16H21N/c1-5-16(3,4)17-15-10-14(11-15)13-8-6-7-12(2)9-13/h1,6-9,14-15,17H,10-11H2,2-4H3. The first-order valence-corrected chi connectivity index (χ1v) is 6.32. The van der Waals surface area contributed by atoms with Crippen LogP contribution in [0.1, 0.15) is 43.7 Å². The van der Waals surface area contributed by atoms with Gasteiger partial charge in [-0.15, -0.1) is 6.42 Å². The summed E-state index contributed by atoms with van der Waals surface area (Å²) in [7, 11) is 0. The number of hydrogen-bond acceptors (Lipinski definition) is 1. The first-order valence-electron chi connectivity index (χ1n) is 6.32. The van der Waals surface area contributed by atoms with E-state index in [4.69, 9.17) is 6.42 Å². The molecule has 1 aromatic rings. The lowest BCUT2D eigenvalue weighted by Crippen LogP contribution is -2.50. The van der Waals surface area contributed by atoms with Gasteiger partial charge in [-0.3, -0.25) is 5.32 Å². The number of benzene rings is 1. The predicted molar refractivity (Wildman–Crippen MR) is 73.0 cm³/mol. The summed E-state index contributed by atoms with van der Waals surface area (Å²) in [5, 5.41) is 3.52. The lowest BCUT2D eigenvalue weighted by Gasteiger charge is -2.40. The van der Waals surface area contributed by atoms with Crippen molar-refractivity contribution in [1.82, 2.24) is 5.32 Å². The van der Waals surface area contributed by atoms with Crippen molar-refractivity contribution in [2.75, 3.05) is 0 Å². The first kappa shape index (κ1) is 12.2. The van der Waals surface area contributed by atoms with Crippen LogP contribution in [0, 0.1) is 19.3 Å². The highest BCUT2D eigenvalue weighted by Gasteiger charge is 2.33. The molecule has 0 radical (unpaired) electrons. The fraction of sp³-hybridized carbons (Fsp3) is 0.500. The molecule has 1 aromatic carbocycles. The van der Waals surface area contributed by atoms with Gasteiger partial charge >= 0.3 is 0 Å². The molecule has 0 aliphatic heterocycles. The molecule has 1 heteroatoms. The lowest BCUT2D eigenvalue weighted by molar-refractivity contribution is 0.253. The highest BCUT2D eigenvalue weighted by atomic mass is 15.0. The highest BCUT2D eigenvalue weighted by Crippen LogP contribution is 2.37. The third-order valence-corrected chi connectivity index (χ3v) is 3.58. The second kappa shape index (κ2) is 4.55. The van der Waals surface area contributed by atoms with Gasteiger partial charge in [0.15, 0.2) is 0 Å². The number of aryl methyl sites for hydroxylation is 1. The molecule has 1 nitrogen and oxygen atoms in total. The molecule has 1 aliphatic rings. The van der Waals surface area contributed by atoms with Gasteiger partial charge in [0.1, 0.15) is 0 Å². The molecule has 90 valence electrons. The Bertz CT molecular complexity index is 433. The molecule has 0 aromatic heterocycles. The third kappa shape index (κ3) is 2.90. The molecule has 1 aliphatic carbocycles. The van der Waals surface area contributed by atoms with Crippen LogP contribution in [0.4, 0.5) is 0 Å². The predicted octanol–water partition coefficient (Wildman–Crippen LogP) is 3.24. The average Bonchev–Trinajstić information content (AvgIpc) is 2.23. The second-order valence-electron chi connectivity index (χ2n) is 5.69. The summed E-state index contributed by atoms with van der Waals surface area (Å²) in [6.07, 6.45) is 7.89. The molecule has 0 spiro atoms. The quantitative estimate of drug-likeness (QED) is 0.782. The van der Waals surface area contributed by atoms with Gasteiger partial charge in [-0.25, -0.2) is 0 Å². The highest BCUT2D eigenvalue weighted by molar-refractivity contribution is 5.28. The van der Waals surface area contributed by atoms with Gasteiger partial charge in [0, 0.05) is 6.04 Å². The zero-order chi connectivity index (χ0) is 12.5. The van der Waals surface area contributed by atoms with Gasteiger partial charge in [-0.05, 0) is 45.1 Å². The largest absolute Gasteiger partial charge is 0.299 e. The van der Waals surface area contributed by atoms with Crippen molar-refractivity contribution in [3.63, 3.8) is 0 Å². The molecular formula is C16H21N. The third-order valence-electron chi connectivity index (χ3n) is 3.58. The molecule has 0 heterocycles. The molecule has 0 bridgehead atoms. The van der Waals surface area contributed by atoms with E-state index in [1.54, 1.807) is 0 Å². The Hall–Kier alpha value is -1.26. The fourth-order valence-corrected chi connectivity index (χ4v) is 2.48. The normalized spacial score (nSPS) is 23.9. The van der Waals surface area contributed by atoms with Crippen LogP contribution in [0.15, 0.2) is 24.3 Å². The van der Waals surface area contributed by atoms with Gasteiger partial charge in [0.05, 0.1) is 5.54 Å². The Labute approximate surface area is 105 Å². The lowest BCUT2D eigenvalue weighted by atomic mass is 9.75. The van der Waals surface area contributed by atoms with Gasteiger partial charge in [0.25, 0.3) is 0 Å². The van der Waals surface area contributed by atoms with E-state index in [1.807, 2.05) is 0 Å². The maximum Gasteiger partial charge on any atom is 0.0743 e. The molecule has 0 atom stereocenters. The monoisotopic (exact) mass is 227 g/mol. The Morgan fingerprint density at radius 1 is 1.35 bits per heavy atom. The van der Waals surface area contributed by atoms with Crippen LogP contribution in [0.5, 0.6) is 0 Å². The van der Waals surface area contributed by atoms with Crippen LogP contribution >= 0.6 is 0 Å². The number of hydrogen-bond donors (Lipinski definition) is 1. The van der Waals surface area contributed by atoms with Crippen molar-refractivity contribution < 1.29 is 0 Å². The molecule has 0 saturated heterocycles. The topological polar surface area (TPSA) is 12.0 Å². The van der Waals surface area contributed by atoms with E-state index in [1.165, 1.54) is 24.0 Å². The fourth-order valence-electron chi connectivity index (χ4n) is 2.48. The van der Waals surface area contributed by atoms with Crippen molar-refractivity contribution in [2.45, 2.75) is 51.1 Å². The molecule has 1 N–H and O–H groups in total. The summed E-state index contributed by atoms with van der Waals surface area (Å²) in [5.41, 5.74) is 2.65. The van der Waals surface area contributed by atoms with Crippen LogP contribution in [-0.4, -0.2) is 11.6 Å². The maximum atomic E-state index is 5.49. The van der Waals surface area contributed by atoms with Gasteiger partial charge in [-0.2, -0.15) is 0 Å². The Kier molecular flexibility index (Phi) is 3.26. The summed E-state index contributed by atoms with van der Waals surface area (Å²) >= 11 is 0. The smallest absolute Gasteiger partial charge is 0.0743 e. The van der Waals surface area contributed by atoms with Gasteiger partial charge in [0.2, 0.25) is 0 Å². The van der Waals surface area contributed by atoms with Crippen LogP contribution in [-0.2, 0) is 0 Å². The number of terminal acetylenes is 1. The van der Waals surface area contributed by atoms with Crippen LogP contribution in [0.2, 0.25) is 0 Å². The Morgan fingerprint density at radius 3 is 2.65 bits per heavy atom. The van der Waals surface area contributed by atoms with Crippen molar-refractivity contribution in [3.05, 3.63) is 35.4 Å². The summed E-state index contributed by atoms with van der Waals surface area (Å²) in [6, 6.07) is 9.41. The number of nitrogens with one attached hydrogen (secondary N) is 1. The van der Waals surface area contributed by atoms with Gasteiger partial charge < -0.3 is 0 Å². The Morgan fingerprint density at radius 2 is 2.06 bits per heavy atom. The molecule has 17 heavy (non-hydrogen) atoms. The molecule has 0 amide bonds. The first-order chi connectivity index (χ1) is 8.00. The van der Waals surface area contributed by atoms with Crippen molar-refractivity contribution in [2.24, 2.45) is 0 Å². The van der Waals surface area contributed by atoms with E-state index in [-0.39, 0.29) is 5.54 Å². The SMILES string of the molecule is C#CC(C)(C)NC1CC(c2cccc(C)c2)C1. The van der Waals surface area contributed by atoms with Crippen molar-refractivity contribution >= 4 is 0 Å². The van der Waals surface area contributed by atoms with Gasteiger partial charge in [-0.1, -0.05) is 35.7 Å². The average molecular weight is 227 g/mol. The zero-order valence-electron chi connectivity index (χ0n) is 11.0. The molecular weight excluding hydrogens is 206 g/mol. The summed E-state index contributed by atoms with van der Waals surface area (Å²) < 4.78 is 0. The summed E-state index contributed by atoms with van der Waals surface area (Å²) in [4.78, 5) is 0. The van der Waals surface area contributed by atoms with Crippen molar-refractivity contribution in [3.8, 4) is 12.3 Å². The van der Waals surface area contributed by atoms with Crippen LogP contribution in [0.25, 0.3) is 0 Å². The summed E-state index contributed by atoms with van der Waals surface area (Å²) in [5.74, 6) is 3.50. The zero-order valence-corrected chi connectivity index (χ0v) is 11.0. The second-order valence-corrected chi connectivity index (χ2v) is 5.69. The Balaban J connectivity index is 1.90. The molecule has 1 saturated carbocycles.